The number of carbonyl (C=O) groups is 1. The minimum absolute atomic E-state index is 0.0894. The third kappa shape index (κ3) is 2.94. The summed E-state index contributed by atoms with van der Waals surface area (Å²) in [6, 6.07) is 0. The van der Waals surface area contributed by atoms with Gasteiger partial charge in [-0.05, 0) is 24.8 Å². The molecule has 106 valence electrons. The van der Waals surface area contributed by atoms with Crippen LogP contribution in [0.2, 0.25) is 0 Å². The van der Waals surface area contributed by atoms with Crippen molar-refractivity contribution in [3.63, 3.8) is 0 Å². The maximum atomic E-state index is 12.3. The Labute approximate surface area is 113 Å². The molecule has 0 bridgehead atoms. The fraction of sp³-hybridized carbons (Fsp3) is 0.769. The predicted octanol–water partition coefficient (Wildman–Crippen LogP) is 0.985. The van der Waals surface area contributed by atoms with Gasteiger partial charge in [-0.3, -0.25) is 9.89 Å². The fourth-order valence-corrected chi connectivity index (χ4v) is 2.41. The topological polar surface area (TPSA) is 87.9 Å². The van der Waals surface area contributed by atoms with Gasteiger partial charge in [-0.25, -0.2) is 4.98 Å². The second-order valence-electron chi connectivity index (χ2n) is 5.71. The molecule has 6 nitrogen and oxygen atoms in total. The third-order valence-electron chi connectivity index (χ3n) is 3.94. The van der Waals surface area contributed by atoms with Crippen LogP contribution < -0.4 is 5.73 Å². The average molecular weight is 265 g/mol. The molecule has 1 fully saturated rings. The molecule has 19 heavy (non-hydrogen) atoms. The van der Waals surface area contributed by atoms with Crippen LogP contribution in [-0.2, 0) is 0 Å². The van der Waals surface area contributed by atoms with E-state index in [2.05, 4.69) is 22.1 Å². The van der Waals surface area contributed by atoms with Crippen molar-refractivity contribution in [2.75, 3.05) is 19.6 Å². The van der Waals surface area contributed by atoms with Gasteiger partial charge in [0, 0.05) is 19.0 Å². The van der Waals surface area contributed by atoms with Crippen LogP contribution in [0.3, 0.4) is 0 Å². The summed E-state index contributed by atoms with van der Waals surface area (Å²) >= 11 is 0. The molecule has 2 unspecified atom stereocenters. The van der Waals surface area contributed by atoms with Crippen LogP contribution >= 0.6 is 0 Å². The normalized spacial score (nSPS) is 23.9. The lowest BCUT2D eigenvalue weighted by Gasteiger charge is -2.35. The molecule has 2 atom stereocenters. The van der Waals surface area contributed by atoms with E-state index in [-0.39, 0.29) is 17.6 Å². The van der Waals surface area contributed by atoms with E-state index in [0.717, 1.165) is 18.8 Å². The molecule has 3 N–H and O–H groups in total. The van der Waals surface area contributed by atoms with Crippen molar-refractivity contribution >= 4 is 5.91 Å². The summed E-state index contributed by atoms with van der Waals surface area (Å²) in [5, 5.41) is 6.85. The Morgan fingerprint density at radius 3 is 2.89 bits per heavy atom. The van der Waals surface area contributed by atoms with Gasteiger partial charge < -0.3 is 10.6 Å². The highest BCUT2D eigenvalue weighted by Gasteiger charge is 2.30. The summed E-state index contributed by atoms with van der Waals surface area (Å²) < 4.78 is 0. The minimum Gasteiger partial charge on any atom is -0.336 e. The van der Waals surface area contributed by atoms with Crippen molar-refractivity contribution in [1.29, 1.82) is 0 Å². The minimum atomic E-state index is -0.0894. The standard InChI is InChI=1S/C13H23N5O/c1-8(2)11-15-12(17-16-11)13(19)18-5-4-9(3)10(6-14)7-18/h8-10H,4-7,14H2,1-3H3,(H,15,16,17). The molecule has 2 rings (SSSR count). The van der Waals surface area contributed by atoms with E-state index in [1.807, 2.05) is 18.7 Å². The van der Waals surface area contributed by atoms with Crippen molar-refractivity contribution in [1.82, 2.24) is 20.1 Å². The van der Waals surface area contributed by atoms with Crippen LogP contribution in [0.15, 0.2) is 0 Å². The highest BCUT2D eigenvalue weighted by atomic mass is 16.2. The molecule has 1 aliphatic rings. The predicted molar refractivity (Wildman–Crippen MR) is 72.7 cm³/mol. The second kappa shape index (κ2) is 5.69. The van der Waals surface area contributed by atoms with E-state index < -0.39 is 0 Å². The molecule has 1 aromatic heterocycles. The number of nitrogens with two attached hydrogens (primary N) is 1. The van der Waals surface area contributed by atoms with Crippen LogP contribution in [0.1, 0.15) is 49.6 Å². The van der Waals surface area contributed by atoms with E-state index in [1.165, 1.54) is 0 Å². The zero-order valence-corrected chi connectivity index (χ0v) is 11.9. The molecule has 2 heterocycles. The van der Waals surface area contributed by atoms with Crippen molar-refractivity contribution in [3.8, 4) is 0 Å². The second-order valence-corrected chi connectivity index (χ2v) is 5.71. The summed E-state index contributed by atoms with van der Waals surface area (Å²) in [6.45, 7) is 8.33. The maximum Gasteiger partial charge on any atom is 0.293 e. The van der Waals surface area contributed by atoms with Crippen LogP contribution in [-0.4, -0.2) is 45.6 Å². The van der Waals surface area contributed by atoms with Gasteiger partial charge in [-0.15, -0.1) is 5.10 Å². The van der Waals surface area contributed by atoms with Crippen molar-refractivity contribution in [2.24, 2.45) is 17.6 Å². The average Bonchev–Trinajstić information content (AvgIpc) is 2.88. The van der Waals surface area contributed by atoms with Crippen LogP contribution in [0.5, 0.6) is 0 Å². The quantitative estimate of drug-likeness (QED) is 0.853. The summed E-state index contributed by atoms with van der Waals surface area (Å²) in [5.41, 5.74) is 5.76. The zero-order chi connectivity index (χ0) is 14.0. The number of hydrogen-bond donors (Lipinski definition) is 2. The first-order chi connectivity index (χ1) is 9.02. The molecule has 1 aliphatic heterocycles. The van der Waals surface area contributed by atoms with E-state index in [1.54, 1.807) is 0 Å². The van der Waals surface area contributed by atoms with Crippen LogP contribution in [0.4, 0.5) is 0 Å². The van der Waals surface area contributed by atoms with Gasteiger partial charge in [0.15, 0.2) is 0 Å². The molecule has 0 spiro atoms. The van der Waals surface area contributed by atoms with Gasteiger partial charge in [-0.1, -0.05) is 20.8 Å². The third-order valence-corrected chi connectivity index (χ3v) is 3.94. The number of aromatic amines is 1. The molecule has 0 aliphatic carbocycles. The number of hydrogen-bond acceptors (Lipinski definition) is 4. The van der Waals surface area contributed by atoms with Gasteiger partial charge in [0.1, 0.15) is 5.82 Å². The number of likely N-dealkylation sites (tertiary alicyclic amines) is 1. The fourth-order valence-electron chi connectivity index (χ4n) is 2.41. The summed E-state index contributed by atoms with van der Waals surface area (Å²) in [6.07, 6.45) is 0.995. The Morgan fingerprint density at radius 1 is 1.58 bits per heavy atom. The SMILES string of the molecule is CC(C)c1nc(C(=O)N2CCC(C)C(CN)C2)n[nH]1. The van der Waals surface area contributed by atoms with Gasteiger partial charge in [0.2, 0.25) is 5.82 Å². The lowest BCUT2D eigenvalue weighted by Crippen LogP contribution is -2.45. The monoisotopic (exact) mass is 265 g/mol. The van der Waals surface area contributed by atoms with Gasteiger partial charge in [0.05, 0.1) is 0 Å². The molecular weight excluding hydrogens is 242 g/mol. The highest BCUT2D eigenvalue weighted by molar-refractivity contribution is 5.90. The number of amides is 1. The largest absolute Gasteiger partial charge is 0.336 e. The summed E-state index contributed by atoms with van der Waals surface area (Å²) in [4.78, 5) is 18.4. The molecule has 1 aromatic rings. The van der Waals surface area contributed by atoms with Crippen LogP contribution in [0.25, 0.3) is 0 Å². The lowest BCUT2D eigenvalue weighted by molar-refractivity contribution is 0.0606. The molecule has 0 radical (unpaired) electrons. The Kier molecular flexibility index (Phi) is 4.19. The first-order valence-corrected chi connectivity index (χ1v) is 6.94. The Bertz CT molecular complexity index is 442. The van der Waals surface area contributed by atoms with E-state index >= 15 is 0 Å². The molecule has 0 saturated carbocycles. The van der Waals surface area contributed by atoms with Crippen molar-refractivity contribution < 1.29 is 4.79 Å². The number of H-pyrrole nitrogens is 1. The number of piperidine rings is 1. The smallest absolute Gasteiger partial charge is 0.293 e. The first kappa shape index (κ1) is 14.0. The number of rotatable bonds is 3. The number of nitrogens with one attached hydrogen (secondary N) is 1. The van der Waals surface area contributed by atoms with Gasteiger partial charge in [-0.2, -0.15) is 0 Å². The Hall–Kier alpha value is -1.43. The number of carbonyl (C=O) groups excluding carboxylic acids is 1. The lowest BCUT2D eigenvalue weighted by atomic mass is 9.87. The number of aromatic nitrogens is 3. The van der Waals surface area contributed by atoms with Gasteiger partial charge >= 0.3 is 0 Å². The zero-order valence-electron chi connectivity index (χ0n) is 11.9. The Morgan fingerprint density at radius 2 is 2.32 bits per heavy atom. The van der Waals surface area contributed by atoms with E-state index in [0.29, 0.717) is 24.9 Å². The Balaban J connectivity index is 2.06. The maximum absolute atomic E-state index is 12.3. The summed E-state index contributed by atoms with van der Waals surface area (Å²) in [7, 11) is 0. The van der Waals surface area contributed by atoms with E-state index in [9.17, 15) is 4.79 Å². The van der Waals surface area contributed by atoms with Gasteiger partial charge in [0.25, 0.3) is 5.91 Å². The van der Waals surface area contributed by atoms with Crippen molar-refractivity contribution in [3.05, 3.63) is 11.6 Å². The first-order valence-electron chi connectivity index (χ1n) is 6.94. The molecule has 6 heteroatoms. The van der Waals surface area contributed by atoms with Crippen molar-refractivity contribution in [2.45, 2.75) is 33.1 Å². The van der Waals surface area contributed by atoms with Crippen LogP contribution in [0, 0.1) is 11.8 Å². The number of nitrogens with zero attached hydrogens (tertiary/aromatic N) is 3. The molecular formula is C13H23N5O. The molecule has 0 aromatic carbocycles. The summed E-state index contributed by atoms with van der Waals surface area (Å²) in [5.74, 6) is 2.13. The molecule has 1 amide bonds. The van der Waals surface area contributed by atoms with E-state index in [4.69, 9.17) is 5.73 Å². The molecule has 1 saturated heterocycles. The highest BCUT2D eigenvalue weighted by Crippen LogP contribution is 2.23.